The molecule has 1 aliphatic heterocycles. The number of nitrogens with zero attached hydrogens (tertiary/aromatic N) is 1. The molecule has 26 heavy (non-hydrogen) atoms. The Labute approximate surface area is 156 Å². The number of amides is 2. The van der Waals surface area contributed by atoms with Crippen LogP contribution in [0.1, 0.15) is 26.4 Å². The van der Waals surface area contributed by atoms with Gasteiger partial charge in [-0.15, -0.1) is 11.3 Å². The Bertz CT molecular complexity index is 936. The van der Waals surface area contributed by atoms with Gasteiger partial charge in [-0.2, -0.15) is 0 Å². The molecule has 2 aromatic carbocycles. The number of hydrogen-bond acceptors (Lipinski definition) is 3. The van der Waals surface area contributed by atoms with Gasteiger partial charge in [0, 0.05) is 16.1 Å². The van der Waals surface area contributed by atoms with Gasteiger partial charge in [-0.3, -0.25) is 9.59 Å². The van der Waals surface area contributed by atoms with Gasteiger partial charge in [-0.1, -0.05) is 36.4 Å². The first-order valence-electron chi connectivity index (χ1n) is 8.48. The highest BCUT2D eigenvalue weighted by Gasteiger charge is 2.28. The fourth-order valence-electron chi connectivity index (χ4n) is 3.15. The minimum atomic E-state index is -0.116. The Morgan fingerprint density at radius 2 is 1.92 bits per heavy atom. The Hall–Kier alpha value is -2.92. The van der Waals surface area contributed by atoms with Crippen molar-refractivity contribution < 1.29 is 9.59 Å². The van der Waals surface area contributed by atoms with Gasteiger partial charge in [0.1, 0.15) is 0 Å². The minimum absolute atomic E-state index is 0.0694. The van der Waals surface area contributed by atoms with Crippen LogP contribution in [-0.4, -0.2) is 11.8 Å². The van der Waals surface area contributed by atoms with E-state index in [1.165, 1.54) is 0 Å². The number of thiophene rings is 1. The number of nitrogens with one attached hydrogen (secondary N) is 1. The van der Waals surface area contributed by atoms with Crippen molar-refractivity contribution in [1.29, 1.82) is 0 Å². The van der Waals surface area contributed by atoms with Gasteiger partial charge in [0.25, 0.3) is 5.91 Å². The van der Waals surface area contributed by atoms with Crippen LogP contribution < -0.4 is 10.2 Å². The fraction of sp³-hybridized carbons (Fsp3) is 0.143. The molecular formula is C21H18N2O2S. The fourth-order valence-corrected chi connectivity index (χ4v) is 3.79. The smallest absolute Gasteiger partial charge is 0.251 e. The van der Waals surface area contributed by atoms with Crippen LogP contribution in [0.5, 0.6) is 0 Å². The highest BCUT2D eigenvalue weighted by atomic mass is 32.1. The van der Waals surface area contributed by atoms with Crippen LogP contribution in [0.2, 0.25) is 0 Å². The number of fused-ring (bicyclic) bond motifs is 1. The summed E-state index contributed by atoms with van der Waals surface area (Å²) in [5, 5.41) is 4.92. The summed E-state index contributed by atoms with van der Waals surface area (Å²) in [6.45, 7) is 1.07. The summed E-state index contributed by atoms with van der Waals surface area (Å²) in [7, 11) is 0. The SMILES string of the molecule is O=C(NCc1cccs1)c1ccc2c(c1)CC(=O)N2Cc1ccccc1. The van der Waals surface area contributed by atoms with Crippen molar-refractivity contribution >= 4 is 28.8 Å². The van der Waals surface area contributed by atoms with Crippen LogP contribution in [0.4, 0.5) is 5.69 Å². The first kappa shape index (κ1) is 16.5. The molecule has 1 aliphatic rings. The number of carbonyl (C=O) groups is 2. The number of hydrogen-bond donors (Lipinski definition) is 1. The molecule has 0 saturated heterocycles. The van der Waals surface area contributed by atoms with Gasteiger partial charge >= 0.3 is 0 Å². The topological polar surface area (TPSA) is 49.4 Å². The summed E-state index contributed by atoms with van der Waals surface area (Å²) in [6.07, 6.45) is 0.341. The maximum atomic E-state index is 12.4. The highest BCUT2D eigenvalue weighted by Crippen LogP contribution is 2.31. The summed E-state index contributed by atoms with van der Waals surface area (Å²) in [5.41, 5.74) is 3.49. The molecule has 0 bridgehead atoms. The molecule has 2 heterocycles. The van der Waals surface area contributed by atoms with Crippen LogP contribution in [0.15, 0.2) is 66.0 Å². The van der Waals surface area contributed by atoms with Crippen molar-refractivity contribution in [3.8, 4) is 0 Å². The molecular weight excluding hydrogens is 344 g/mol. The van der Waals surface area contributed by atoms with E-state index in [-0.39, 0.29) is 11.8 Å². The predicted octanol–water partition coefficient (Wildman–Crippen LogP) is 3.77. The van der Waals surface area contributed by atoms with E-state index in [0.29, 0.717) is 25.1 Å². The summed E-state index contributed by atoms with van der Waals surface area (Å²) in [6, 6.07) is 19.4. The molecule has 3 aromatic rings. The Morgan fingerprint density at radius 3 is 2.69 bits per heavy atom. The summed E-state index contributed by atoms with van der Waals surface area (Å²) < 4.78 is 0. The van der Waals surface area contributed by atoms with Crippen molar-refractivity contribution in [2.75, 3.05) is 4.90 Å². The molecule has 0 atom stereocenters. The minimum Gasteiger partial charge on any atom is -0.347 e. The Kier molecular flexibility index (Phi) is 4.54. The van der Waals surface area contributed by atoms with Gasteiger partial charge in [0.2, 0.25) is 5.91 Å². The van der Waals surface area contributed by atoms with Crippen LogP contribution in [0, 0.1) is 0 Å². The van der Waals surface area contributed by atoms with E-state index in [0.717, 1.165) is 21.7 Å². The molecule has 5 heteroatoms. The monoisotopic (exact) mass is 362 g/mol. The summed E-state index contributed by atoms with van der Waals surface area (Å²) in [5.74, 6) is -0.0462. The van der Waals surface area contributed by atoms with Crippen LogP contribution in [-0.2, 0) is 24.3 Å². The van der Waals surface area contributed by atoms with E-state index in [9.17, 15) is 9.59 Å². The maximum absolute atomic E-state index is 12.4. The third kappa shape index (κ3) is 3.39. The molecule has 130 valence electrons. The zero-order valence-electron chi connectivity index (χ0n) is 14.1. The highest BCUT2D eigenvalue weighted by molar-refractivity contribution is 7.09. The van der Waals surface area contributed by atoms with Crippen molar-refractivity contribution in [3.05, 3.63) is 87.6 Å². The summed E-state index contributed by atoms with van der Waals surface area (Å²) in [4.78, 5) is 27.7. The van der Waals surface area contributed by atoms with Crippen molar-refractivity contribution in [2.24, 2.45) is 0 Å². The van der Waals surface area contributed by atoms with E-state index in [1.807, 2.05) is 60.0 Å². The largest absolute Gasteiger partial charge is 0.347 e. The molecule has 0 radical (unpaired) electrons. The Balaban J connectivity index is 1.49. The van der Waals surface area contributed by atoms with Gasteiger partial charge in [-0.25, -0.2) is 0 Å². The van der Waals surface area contributed by atoms with Gasteiger partial charge in [0.05, 0.1) is 19.5 Å². The van der Waals surface area contributed by atoms with E-state index in [4.69, 9.17) is 0 Å². The molecule has 1 N–H and O–H groups in total. The van der Waals surface area contributed by atoms with E-state index in [1.54, 1.807) is 22.3 Å². The van der Waals surface area contributed by atoms with Gasteiger partial charge in [0.15, 0.2) is 0 Å². The second-order valence-electron chi connectivity index (χ2n) is 6.25. The number of rotatable bonds is 5. The van der Waals surface area contributed by atoms with Crippen LogP contribution >= 0.6 is 11.3 Å². The van der Waals surface area contributed by atoms with Crippen molar-refractivity contribution in [3.63, 3.8) is 0 Å². The lowest BCUT2D eigenvalue weighted by Crippen LogP contribution is -2.26. The molecule has 4 rings (SSSR count). The normalized spacial score (nSPS) is 12.9. The van der Waals surface area contributed by atoms with E-state index >= 15 is 0 Å². The molecule has 2 amide bonds. The van der Waals surface area contributed by atoms with Crippen molar-refractivity contribution in [2.45, 2.75) is 19.5 Å². The zero-order chi connectivity index (χ0) is 17.9. The maximum Gasteiger partial charge on any atom is 0.251 e. The molecule has 0 saturated carbocycles. The number of carbonyl (C=O) groups excluding carboxylic acids is 2. The van der Waals surface area contributed by atoms with Crippen LogP contribution in [0.3, 0.4) is 0 Å². The molecule has 1 aromatic heterocycles. The standard InChI is InChI=1S/C21H18N2O2S/c24-20-12-17-11-16(21(25)22-13-18-7-4-10-26-18)8-9-19(17)23(20)14-15-5-2-1-3-6-15/h1-11H,12-14H2,(H,22,25). The lowest BCUT2D eigenvalue weighted by molar-refractivity contribution is -0.117. The lowest BCUT2D eigenvalue weighted by Gasteiger charge is -2.17. The average Bonchev–Trinajstić information content (AvgIpc) is 3.28. The average molecular weight is 362 g/mol. The van der Waals surface area contributed by atoms with Crippen molar-refractivity contribution in [1.82, 2.24) is 5.32 Å². The quantitative estimate of drug-likeness (QED) is 0.751. The number of anilines is 1. The second kappa shape index (κ2) is 7.14. The molecule has 0 unspecified atom stereocenters. The molecule has 0 aliphatic carbocycles. The third-order valence-electron chi connectivity index (χ3n) is 4.46. The lowest BCUT2D eigenvalue weighted by atomic mass is 10.1. The van der Waals surface area contributed by atoms with Gasteiger partial charge < -0.3 is 10.2 Å². The van der Waals surface area contributed by atoms with Gasteiger partial charge in [-0.05, 0) is 40.8 Å². The predicted molar refractivity (Wildman–Crippen MR) is 103 cm³/mol. The first-order valence-corrected chi connectivity index (χ1v) is 9.36. The van der Waals surface area contributed by atoms with Crippen LogP contribution in [0.25, 0.3) is 0 Å². The molecule has 0 fully saturated rings. The molecule has 0 spiro atoms. The van der Waals surface area contributed by atoms with E-state index in [2.05, 4.69) is 5.32 Å². The number of benzene rings is 2. The Morgan fingerprint density at radius 1 is 1.08 bits per heavy atom. The second-order valence-corrected chi connectivity index (χ2v) is 7.28. The zero-order valence-corrected chi connectivity index (χ0v) is 15.0. The summed E-state index contributed by atoms with van der Waals surface area (Å²) >= 11 is 1.62. The van der Waals surface area contributed by atoms with E-state index < -0.39 is 0 Å². The third-order valence-corrected chi connectivity index (χ3v) is 5.34. The molecule has 4 nitrogen and oxygen atoms in total. The first-order chi connectivity index (χ1) is 12.7.